The summed E-state index contributed by atoms with van der Waals surface area (Å²) >= 11 is 0. The molecule has 0 bridgehead atoms. The average Bonchev–Trinajstić information content (AvgIpc) is 2.18. The molecule has 1 nitrogen and oxygen atoms in total. The van der Waals surface area contributed by atoms with Crippen LogP contribution in [0.2, 0.25) is 0 Å². The van der Waals surface area contributed by atoms with E-state index in [-0.39, 0.29) is 5.78 Å². The Morgan fingerprint density at radius 3 is 2.27 bits per heavy atom. The predicted octanol–water partition coefficient (Wildman–Crippen LogP) is 3.79. The maximum atomic E-state index is 11.1. The average molecular weight is 202 g/mol. The fourth-order valence-electron chi connectivity index (χ4n) is 1.60. The fourth-order valence-corrected chi connectivity index (χ4v) is 1.60. The van der Waals surface area contributed by atoms with Crippen molar-refractivity contribution in [2.75, 3.05) is 0 Å². The lowest BCUT2D eigenvalue weighted by Gasteiger charge is -2.02. The van der Waals surface area contributed by atoms with Gasteiger partial charge in [0.25, 0.3) is 0 Å². The molecular weight excluding hydrogens is 184 g/mol. The maximum Gasteiger partial charge on any atom is 0.159 e. The number of benzene rings is 1. The first kappa shape index (κ1) is 11.7. The summed E-state index contributed by atoms with van der Waals surface area (Å²) in [7, 11) is 0. The van der Waals surface area contributed by atoms with Crippen LogP contribution in [0.1, 0.15) is 43.1 Å². The molecule has 1 aromatic carbocycles. The summed E-state index contributed by atoms with van der Waals surface area (Å²) in [6.45, 7) is 5.88. The van der Waals surface area contributed by atoms with Crippen molar-refractivity contribution >= 4 is 5.78 Å². The number of allylic oxidation sites excluding steroid dienone is 2. The first-order valence-electron chi connectivity index (χ1n) is 5.39. The zero-order chi connectivity index (χ0) is 11.3. The molecule has 0 unspecified atom stereocenters. The minimum absolute atomic E-state index is 0.127. The largest absolute Gasteiger partial charge is 0.295 e. The van der Waals surface area contributed by atoms with E-state index in [1.165, 1.54) is 11.1 Å². The van der Waals surface area contributed by atoms with E-state index in [0.29, 0.717) is 0 Å². The monoisotopic (exact) mass is 202 g/mol. The summed E-state index contributed by atoms with van der Waals surface area (Å²) < 4.78 is 0. The summed E-state index contributed by atoms with van der Waals surface area (Å²) in [5, 5.41) is 0. The topological polar surface area (TPSA) is 17.1 Å². The summed E-state index contributed by atoms with van der Waals surface area (Å²) in [6, 6.07) is 7.86. The Morgan fingerprint density at radius 1 is 1.20 bits per heavy atom. The minimum atomic E-state index is 0.127. The Kier molecular flexibility index (Phi) is 4.29. The van der Waals surface area contributed by atoms with Crippen molar-refractivity contribution in [3.8, 4) is 0 Å². The van der Waals surface area contributed by atoms with Gasteiger partial charge in [-0.1, -0.05) is 42.8 Å². The van der Waals surface area contributed by atoms with E-state index in [1.54, 1.807) is 6.92 Å². The first-order chi connectivity index (χ1) is 7.13. The third kappa shape index (κ3) is 3.70. The van der Waals surface area contributed by atoms with Gasteiger partial charge >= 0.3 is 0 Å². The van der Waals surface area contributed by atoms with Gasteiger partial charge in [-0.2, -0.15) is 0 Å². The van der Waals surface area contributed by atoms with Crippen molar-refractivity contribution in [3.05, 3.63) is 47.0 Å². The predicted molar refractivity (Wildman–Crippen MR) is 64.2 cm³/mol. The highest BCUT2D eigenvalue weighted by Gasteiger charge is 1.99. The summed E-state index contributed by atoms with van der Waals surface area (Å²) in [6.07, 6.45) is 4.29. The lowest BCUT2D eigenvalue weighted by molar-refractivity contribution is 0.101. The summed E-state index contributed by atoms with van der Waals surface area (Å²) in [5.74, 6) is 0.127. The minimum Gasteiger partial charge on any atom is -0.295 e. The SMILES string of the molecule is CC/C=C(\C)Cc1ccc(C(C)=O)cc1. The zero-order valence-corrected chi connectivity index (χ0v) is 9.71. The van der Waals surface area contributed by atoms with E-state index in [9.17, 15) is 4.79 Å². The van der Waals surface area contributed by atoms with Crippen LogP contribution in [0.5, 0.6) is 0 Å². The van der Waals surface area contributed by atoms with Gasteiger partial charge in [-0.15, -0.1) is 0 Å². The third-order valence-corrected chi connectivity index (χ3v) is 2.40. The van der Waals surface area contributed by atoms with Gasteiger partial charge in [0.15, 0.2) is 5.78 Å². The molecule has 0 saturated heterocycles. The number of Topliss-reactive ketones (excluding diaryl/α,β-unsaturated/α-hetero) is 1. The van der Waals surface area contributed by atoms with Crippen molar-refractivity contribution in [1.82, 2.24) is 0 Å². The van der Waals surface area contributed by atoms with Crippen LogP contribution >= 0.6 is 0 Å². The Morgan fingerprint density at radius 2 is 1.80 bits per heavy atom. The van der Waals surface area contributed by atoms with Gasteiger partial charge in [-0.25, -0.2) is 0 Å². The molecular formula is C14H18O. The lowest BCUT2D eigenvalue weighted by Crippen LogP contribution is -1.93. The summed E-state index contributed by atoms with van der Waals surface area (Å²) in [4.78, 5) is 11.1. The number of carbonyl (C=O) groups is 1. The van der Waals surface area contributed by atoms with Crippen LogP contribution in [0.4, 0.5) is 0 Å². The quantitative estimate of drug-likeness (QED) is 0.536. The number of hydrogen-bond acceptors (Lipinski definition) is 1. The van der Waals surface area contributed by atoms with E-state index < -0.39 is 0 Å². The molecule has 0 spiro atoms. The molecule has 80 valence electrons. The Hall–Kier alpha value is -1.37. The lowest BCUT2D eigenvalue weighted by atomic mass is 10.0. The molecule has 1 aromatic rings. The van der Waals surface area contributed by atoms with Gasteiger partial charge in [0, 0.05) is 5.56 Å². The van der Waals surface area contributed by atoms with Gasteiger partial charge in [0.2, 0.25) is 0 Å². The van der Waals surface area contributed by atoms with Gasteiger partial charge < -0.3 is 0 Å². The van der Waals surface area contributed by atoms with Crippen LogP contribution in [0, 0.1) is 0 Å². The van der Waals surface area contributed by atoms with Gasteiger partial charge in [-0.3, -0.25) is 4.79 Å². The highest BCUT2D eigenvalue weighted by Crippen LogP contribution is 2.10. The standard InChI is InChI=1S/C14H18O/c1-4-5-11(2)10-13-6-8-14(9-7-13)12(3)15/h5-9H,4,10H2,1-3H3/b11-5+. The fraction of sp³-hybridized carbons (Fsp3) is 0.357. The van der Waals surface area contributed by atoms with Crippen LogP contribution in [0.3, 0.4) is 0 Å². The van der Waals surface area contributed by atoms with Crippen molar-refractivity contribution in [2.24, 2.45) is 0 Å². The van der Waals surface area contributed by atoms with E-state index in [2.05, 4.69) is 19.9 Å². The number of carbonyl (C=O) groups excluding carboxylic acids is 1. The van der Waals surface area contributed by atoms with E-state index >= 15 is 0 Å². The molecule has 0 heterocycles. The Labute approximate surface area is 91.8 Å². The van der Waals surface area contributed by atoms with Gasteiger partial charge in [0.1, 0.15) is 0 Å². The van der Waals surface area contributed by atoms with E-state index in [1.807, 2.05) is 24.3 Å². The summed E-state index contributed by atoms with van der Waals surface area (Å²) in [5.41, 5.74) is 3.44. The number of ketones is 1. The highest BCUT2D eigenvalue weighted by molar-refractivity contribution is 5.94. The van der Waals surface area contributed by atoms with E-state index in [4.69, 9.17) is 0 Å². The molecule has 0 saturated carbocycles. The molecule has 0 amide bonds. The second-order valence-electron chi connectivity index (χ2n) is 3.89. The van der Waals surface area contributed by atoms with Gasteiger partial charge in [0.05, 0.1) is 0 Å². The second-order valence-corrected chi connectivity index (χ2v) is 3.89. The van der Waals surface area contributed by atoms with Crippen LogP contribution < -0.4 is 0 Å². The van der Waals surface area contributed by atoms with Crippen molar-refractivity contribution < 1.29 is 4.79 Å². The second kappa shape index (κ2) is 5.50. The molecule has 1 heteroatoms. The molecule has 15 heavy (non-hydrogen) atoms. The third-order valence-electron chi connectivity index (χ3n) is 2.40. The first-order valence-corrected chi connectivity index (χ1v) is 5.39. The number of hydrogen-bond donors (Lipinski definition) is 0. The Bertz CT molecular complexity index is 357. The highest BCUT2D eigenvalue weighted by atomic mass is 16.1. The number of rotatable bonds is 4. The van der Waals surface area contributed by atoms with Crippen LogP contribution in [-0.2, 0) is 6.42 Å². The van der Waals surface area contributed by atoms with E-state index in [0.717, 1.165) is 18.4 Å². The van der Waals surface area contributed by atoms with Gasteiger partial charge in [-0.05, 0) is 32.3 Å². The van der Waals surface area contributed by atoms with Crippen LogP contribution in [0.15, 0.2) is 35.9 Å². The molecule has 0 aromatic heterocycles. The molecule has 0 aliphatic heterocycles. The Balaban J connectivity index is 2.73. The smallest absolute Gasteiger partial charge is 0.159 e. The van der Waals surface area contributed by atoms with Crippen molar-refractivity contribution in [2.45, 2.75) is 33.6 Å². The van der Waals surface area contributed by atoms with Crippen molar-refractivity contribution in [3.63, 3.8) is 0 Å². The molecule has 0 aliphatic carbocycles. The normalized spacial score (nSPS) is 11.5. The molecule has 0 fully saturated rings. The van der Waals surface area contributed by atoms with Crippen LogP contribution in [-0.4, -0.2) is 5.78 Å². The molecule has 1 rings (SSSR count). The zero-order valence-electron chi connectivity index (χ0n) is 9.71. The molecule has 0 radical (unpaired) electrons. The van der Waals surface area contributed by atoms with Crippen molar-refractivity contribution in [1.29, 1.82) is 0 Å². The van der Waals surface area contributed by atoms with Crippen LogP contribution in [0.25, 0.3) is 0 Å². The molecule has 0 N–H and O–H groups in total. The maximum absolute atomic E-state index is 11.1. The molecule has 0 aliphatic rings. The molecule has 0 atom stereocenters.